The molecule has 0 bridgehead atoms. The third kappa shape index (κ3) is 3.81. The van der Waals surface area contributed by atoms with Crippen molar-refractivity contribution in [2.45, 2.75) is 25.8 Å². The Morgan fingerprint density at radius 1 is 0.950 bits per heavy atom. The predicted molar refractivity (Wildman–Crippen MR) is 79.4 cm³/mol. The first-order valence-electron chi connectivity index (χ1n) is 6.80. The van der Waals surface area contributed by atoms with Crippen molar-refractivity contribution in [2.24, 2.45) is 5.73 Å². The van der Waals surface area contributed by atoms with Gasteiger partial charge in [-0.3, -0.25) is 0 Å². The molecule has 0 amide bonds. The van der Waals surface area contributed by atoms with Gasteiger partial charge in [0.25, 0.3) is 0 Å². The van der Waals surface area contributed by atoms with E-state index in [0.29, 0.717) is 18.3 Å². The Balaban J connectivity index is 1.94. The average molecular weight is 273 g/mol. The zero-order chi connectivity index (χ0) is 14.5. The SMILES string of the molecule is CC(C)c1ccc(C(N)COc2ccc(F)cc2)cc1. The Morgan fingerprint density at radius 3 is 2.05 bits per heavy atom. The molecule has 2 N–H and O–H groups in total. The van der Waals surface area contributed by atoms with Crippen molar-refractivity contribution in [1.82, 2.24) is 0 Å². The molecule has 0 heterocycles. The summed E-state index contributed by atoms with van der Waals surface area (Å²) in [5.41, 5.74) is 8.43. The van der Waals surface area contributed by atoms with Gasteiger partial charge in [-0.2, -0.15) is 0 Å². The molecule has 0 saturated heterocycles. The second-order valence-corrected chi connectivity index (χ2v) is 5.19. The van der Waals surface area contributed by atoms with Crippen LogP contribution in [0.25, 0.3) is 0 Å². The van der Waals surface area contributed by atoms with Crippen molar-refractivity contribution >= 4 is 0 Å². The molecule has 20 heavy (non-hydrogen) atoms. The van der Waals surface area contributed by atoms with Gasteiger partial charge in [0.1, 0.15) is 18.2 Å². The molecule has 2 nitrogen and oxygen atoms in total. The van der Waals surface area contributed by atoms with Crippen LogP contribution in [0.5, 0.6) is 5.75 Å². The molecule has 3 heteroatoms. The second kappa shape index (κ2) is 6.53. The fraction of sp³-hybridized carbons (Fsp3) is 0.294. The largest absolute Gasteiger partial charge is 0.492 e. The Kier molecular flexibility index (Phi) is 4.74. The lowest BCUT2D eigenvalue weighted by molar-refractivity contribution is 0.290. The van der Waals surface area contributed by atoms with E-state index in [2.05, 4.69) is 26.0 Å². The van der Waals surface area contributed by atoms with Crippen molar-refractivity contribution in [3.05, 3.63) is 65.5 Å². The number of rotatable bonds is 5. The lowest BCUT2D eigenvalue weighted by Crippen LogP contribution is -2.19. The summed E-state index contributed by atoms with van der Waals surface area (Å²) in [4.78, 5) is 0. The van der Waals surface area contributed by atoms with E-state index in [4.69, 9.17) is 10.5 Å². The first kappa shape index (κ1) is 14.5. The van der Waals surface area contributed by atoms with Crippen LogP contribution < -0.4 is 10.5 Å². The topological polar surface area (TPSA) is 35.2 Å². The molecule has 0 radical (unpaired) electrons. The van der Waals surface area contributed by atoms with Gasteiger partial charge in [0.2, 0.25) is 0 Å². The molecular formula is C17H20FNO. The van der Waals surface area contributed by atoms with Gasteiger partial charge in [0.15, 0.2) is 0 Å². The summed E-state index contributed by atoms with van der Waals surface area (Å²) >= 11 is 0. The van der Waals surface area contributed by atoms with E-state index >= 15 is 0 Å². The van der Waals surface area contributed by atoms with Gasteiger partial charge in [0.05, 0.1) is 6.04 Å². The van der Waals surface area contributed by atoms with Crippen molar-refractivity contribution in [2.75, 3.05) is 6.61 Å². The minimum absolute atomic E-state index is 0.193. The van der Waals surface area contributed by atoms with Crippen molar-refractivity contribution in [3.8, 4) is 5.75 Å². The first-order valence-corrected chi connectivity index (χ1v) is 6.80. The molecular weight excluding hydrogens is 253 g/mol. The minimum atomic E-state index is -0.272. The van der Waals surface area contributed by atoms with Crippen LogP contribution in [0.4, 0.5) is 4.39 Å². The van der Waals surface area contributed by atoms with E-state index in [1.54, 1.807) is 12.1 Å². The molecule has 0 aliphatic heterocycles. The van der Waals surface area contributed by atoms with Crippen LogP contribution in [0.3, 0.4) is 0 Å². The van der Waals surface area contributed by atoms with Gasteiger partial charge in [-0.1, -0.05) is 38.1 Å². The second-order valence-electron chi connectivity index (χ2n) is 5.19. The molecule has 106 valence electrons. The van der Waals surface area contributed by atoms with Gasteiger partial charge in [-0.25, -0.2) is 4.39 Å². The van der Waals surface area contributed by atoms with E-state index in [9.17, 15) is 4.39 Å². The molecule has 1 atom stereocenters. The van der Waals surface area contributed by atoms with Crippen LogP contribution in [0.1, 0.15) is 36.9 Å². The monoisotopic (exact) mass is 273 g/mol. The number of ether oxygens (including phenoxy) is 1. The maximum atomic E-state index is 12.8. The number of halogens is 1. The highest BCUT2D eigenvalue weighted by atomic mass is 19.1. The molecule has 2 rings (SSSR count). The highest BCUT2D eigenvalue weighted by Crippen LogP contribution is 2.19. The van der Waals surface area contributed by atoms with E-state index in [0.717, 1.165) is 5.56 Å². The first-order chi connectivity index (χ1) is 9.56. The summed E-state index contributed by atoms with van der Waals surface area (Å²) in [5, 5.41) is 0. The van der Waals surface area contributed by atoms with Crippen molar-refractivity contribution < 1.29 is 9.13 Å². The lowest BCUT2D eigenvalue weighted by atomic mass is 10.00. The molecule has 2 aromatic carbocycles. The van der Waals surface area contributed by atoms with Gasteiger partial charge < -0.3 is 10.5 Å². The van der Waals surface area contributed by atoms with E-state index < -0.39 is 0 Å². The standard InChI is InChI=1S/C17H20FNO/c1-12(2)13-3-5-14(6-4-13)17(19)11-20-16-9-7-15(18)8-10-16/h3-10,12,17H,11,19H2,1-2H3. The summed E-state index contributed by atoms with van der Waals surface area (Å²) in [7, 11) is 0. The van der Waals surface area contributed by atoms with Gasteiger partial charge >= 0.3 is 0 Å². The van der Waals surface area contributed by atoms with Crippen LogP contribution in [-0.2, 0) is 0 Å². The normalized spacial score (nSPS) is 12.4. The third-order valence-corrected chi connectivity index (χ3v) is 3.27. The third-order valence-electron chi connectivity index (χ3n) is 3.27. The fourth-order valence-electron chi connectivity index (χ4n) is 1.94. The molecule has 0 saturated carbocycles. The van der Waals surface area contributed by atoms with Crippen LogP contribution in [0.15, 0.2) is 48.5 Å². The van der Waals surface area contributed by atoms with Gasteiger partial charge in [0, 0.05) is 0 Å². The quantitative estimate of drug-likeness (QED) is 0.892. The molecule has 0 aliphatic rings. The Hall–Kier alpha value is -1.87. The zero-order valence-electron chi connectivity index (χ0n) is 11.8. The maximum Gasteiger partial charge on any atom is 0.123 e. The summed E-state index contributed by atoms with van der Waals surface area (Å²) in [6.45, 7) is 4.69. The predicted octanol–water partition coefficient (Wildman–Crippen LogP) is 4.03. The van der Waals surface area contributed by atoms with Crippen molar-refractivity contribution in [1.29, 1.82) is 0 Å². The minimum Gasteiger partial charge on any atom is -0.492 e. The smallest absolute Gasteiger partial charge is 0.123 e. The van der Waals surface area contributed by atoms with Gasteiger partial charge in [-0.05, 0) is 41.3 Å². The highest BCUT2D eigenvalue weighted by Gasteiger charge is 2.08. The molecule has 1 unspecified atom stereocenters. The van der Waals surface area contributed by atoms with Gasteiger partial charge in [-0.15, -0.1) is 0 Å². The molecule has 2 aromatic rings. The highest BCUT2D eigenvalue weighted by molar-refractivity contribution is 5.27. The number of nitrogens with two attached hydrogens (primary N) is 1. The van der Waals surface area contributed by atoms with Crippen molar-refractivity contribution in [3.63, 3.8) is 0 Å². The maximum absolute atomic E-state index is 12.8. The van der Waals surface area contributed by atoms with Crippen LogP contribution in [-0.4, -0.2) is 6.61 Å². The Morgan fingerprint density at radius 2 is 1.50 bits per heavy atom. The number of hydrogen-bond acceptors (Lipinski definition) is 2. The zero-order valence-corrected chi connectivity index (χ0v) is 11.8. The Labute approximate surface area is 119 Å². The lowest BCUT2D eigenvalue weighted by Gasteiger charge is -2.15. The Bertz CT molecular complexity index is 534. The summed E-state index contributed by atoms with van der Waals surface area (Å²) in [5.74, 6) is 0.863. The molecule has 0 fully saturated rings. The fourth-order valence-corrected chi connectivity index (χ4v) is 1.94. The van der Waals surface area contributed by atoms with Crippen LogP contribution >= 0.6 is 0 Å². The number of hydrogen-bond donors (Lipinski definition) is 1. The molecule has 0 aliphatic carbocycles. The average Bonchev–Trinajstić information content (AvgIpc) is 2.46. The number of benzene rings is 2. The van der Waals surface area contributed by atoms with E-state index in [1.165, 1.54) is 17.7 Å². The summed E-state index contributed by atoms with van der Waals surface area (Å²) < 4.78 is 18.3. The van der Waals surface area contributed by atoms with Crippen LogP contribution in [0, 0.1) is 5.82 Å². The van der Waals surface area contributed by atoms with E-state index in [-0.39, 0.29) is 11.9 Å². The molecule has 0 spiro atoms. The van der Waals surface area contributed by atoms with E-state index in [1.807, 2.05) is 12.1 Å². The summed E-state index contributed by atoms with van der Waals surface area (Å²) in [6, 6.07) is 14.0. The van der Waals surface area contributed by atoms with Crippen LogP contribution in [0.2, 0.25) is 0 Å². The molecule has 0 aromatic heterocycles. The summed E-state index contributed by atoms with van der Waals surface area (Å²) in [6.07, 6.45) is 0.